The molecule has 0 aromatic heterocycles. The summed E-state index contributed by atoms with van der Waals surface area (Å²) in [7, 11) is -4.24. The largest absolute Gasteiger partial charge is 0.336 e. The van der Waals surface area contributed by atoms with Crippen LogP contribution >= 0.6 is 0 Å². The second-order valence-electron chi connectivity index (χ2n) is 5.33. The fourth-order valence-corrected chi connectivity index (χ4v) is 4.02. The number of carbonyl (C=O) groups is 1. The molecule has 0 unspecified atom stereocenters. The van der Waals surface area contributed by atoms with E-state index in [1.807, 2.05) is 30.3 Å². The lowest BCUT2D eigenvalue weighted by atomic mass is 9.80. The van der Waals surface area contributed by atoms with Crippen LogP contribution in [0.15, 0.2) is 36.4 Å². The van der Waals surface area contributed by atoms with E-state index < -0.39 is 21.9 Å². The molecule has 2 aliphatic heterocycles. The molecule has 2 fully saturated rings. The molecule has 3 rings (SSSR count). The first-order valence-electron chi connectivity index (χ1n) is 6.70. The van der Waals surface area contributed by atoms with Crippen LogP contribution in [-0.2, 0) is 15.1 Å². The molecule has 112 valence electrons. The summed E-state index contributed by atoms with van der Waals surface area (Å²) in [4.78, 5) is 12.4. The maximum atomic E-state index is 12.4. The van der Waals surface area contributed by atoms with Crippen LogP contribution in [0.1, 0.15) is 12.0 Å². The monoisotopic (exact) mass is 308 g/mol. The highest BCUT2D eigenvalue weighted by atomic mass is 32.2. The number of hydrogen-bond acceptors (Lipinski definition) is 4. The molecule has 21 heavy (non-hydrogen) atoms. The summed E-state index contributed by atoms with van der Waals surface area (Å²) in [6, 6.07) is 8.91. The average Bonchev–Trinajstić information content (AvgIpc) is 2.73. The maximum absolute atomic E-state index is 12.4. The zero-order valence-corrected chi connectivity index (χ0v) is 12.1. The van der Waals surface area contributed by atoms with Crippen LogP contribution in [0.4, 0.5) is 0 Å². The van der Waals surface area contributed by atoms with Crippen LogP contribution in [0.3, 0.4) is 0 Å². The molecule has 2 atom stereocenters. The van der Waals surface area contributed by atoms with Crippen molar-refractivity contribution >= 4 is 22.2 Å². The second-order valence-corrected chi connectivity index (χ2v) is 6.70. The van der Waals surface area contributed by atoms with Crippen LogP contribution in [0.5, 0.6) is 0 Å². The maximum Gasteiger partial charge on any atom is 0.336 e. The molecule has 0 saturated carbocycles. The van der Waals surface area contributed by atoms with E-state index in [-0.39, 0.29) is 12.3 Å². The molecule has 0 bridgehead atoms. The minimum absolute atomic E-state index is 0.0194. The minimum atomic E-state index is -4.24. The zero-order chi connectivity index (χ0) is 15.1. The Labute approximate surface area is 123 Å². The Morgan fingerprint density at radius 3 is 2.76 bits per heavy atom. The van der Waals surface area contributed by atoms with Crippen LogP contribution in [-0.4, -0.2) is 47.7 Å². The molecule has 1 aromatic carbocycles. The Bertz CT molecular complexity index is 686. The predicted molar refractivity (Wildman–Crippen MR) is 77.9 cm³/mol. The van der Waals surface area contributed by atoms with Gasteiger partial charge in [0.05, 0.1) is 6.04 Å². The quantitative estimate of drug-likeness (QED) is 0.624. The van der Waals surface area contributed by atoms with Gasteiger partial charge < -0.3 is 5.32 Å². The van der Waals surface area contributed by atoms with Gasteiger partial charge in [-0.15, -0.1) is 0 Å². The lowest BCUT2D eigenvalue weighted by Crippen LogP contribution is -2.75. The SMILES string of the molecule is O=C(C=Cc1ccccc1)[C@]12CN(S(=O)(=O)O)[C@@H]1CCN2. The average molecular weight is 308 g/mol. The van der Waals surface area contributed by atoms with Gasteiger partial charge in [-0.05, 0) is 24.6 Å². The molecule has 1 aromatic rings. The molecular formula is C14H16N2O4S. The van der Waals surface area contributed by atoms with E-state index in [0.29, 0.717) is 13.0 Å². The first kappa shape index (κ1) is 14.4. The number of ketones is 1. The van der Waals surface area contributed by atoms with Crippen molar-refractivity contribution in [1.82, 2.24) is 9.62 Å². The fourth-order valence-electron chi connectivity index (χ4n) is 3.05. The van der Waals surface area contributed by atoms with Gasteiger partial charge in [0.15, 0.2) is 5.78 Å². The van der Waals surface area contributed by atoms with Crippen LogP contribution < -0.4 is 5.32 Å². The summed E-state index contributed by atoms with van der Waals surface area (Å²) in [5.41, 5.74) is 0.0175. The van der Waals surface area contributed by atoms with Crippen molar-refractivity contribution in [3.05, 3.63) is 42.0 Å². The smallest absolute Gasteiger partial charge is 0.302 e. The third-order valence-corrected chi connectivity index (χ3v) is 5.12. The van der Waals surface area contributed by atoms with Crippen molar-refractivity contribution in [2.75, 3.05) is 13.1 Å². The van der Waals surface area contributed by atoms with Gasteiger partial charge in [-0.2, -0.15) is 12.7 Å². The van der Waals surface area contributed by atoms with E-state index in [1.54, 1.807) is 6.08 Å². The van der Waals surface area contributed by atoms with E-state index in [0.717, 1.165) is 9.87 Å². The highest BCUT2D eigenvalue weighted by Crippen LogP contribution is 2.38. The Kier molecular flexibility index (Phi) is 3.45. The van der Waals surface area contributed by atoms with Crippen molar-refractivity contribution in [3.63, 3.8) is 0 Å². The van der Waals surface area contributed by atoms with Crippen LogP contribution in [0.25, 0.3) is 6.08 Å². The molecule has 2 aliphatic rings. The van der Waals surface area contributed by atoms with E-state index in [1.165, 1.54) is 6.08 Å². The van der Waals surface area contributed by atoms with Gasteiger partial charge in [-0.25, -0.2) is 0 Å². The van der Waals surface area contributed by atoms with Crippen molar-refractivity contribution in [3.8, 4) is 0 Å². The first-order valence-corrected chi connectivity index (χ1v) is 8.10. The Morgan fingerprint density at radius 2 is 2.10 bits per heavy atom. The standard InChI is InChI=1S/C14H16N2O4S/c17-13(7-6-11-4-2-1-3-5-11)14-10-16(21(18,19)20)12(14)8-9-15-14/h1-7,12,15H,8-10H2,(H,18,19,20)/t12-,14+/m1/s1. The van der Waals surface area contributed by atoms with Gasteiger partial charge in [0.2, 0.25) is 0 Å². The summed E-state index contributed by atoms with van der Waals surface area (Å²) in [6.45, 7) is 0.538. The fraction of sp³-hybridized carbons (Fsp3) is 0.357. The van der Waals surface area contributed by atoms with Gasteiger partial charge in [-0.1, -0.05) is 36.4 Å². The Morgan fingerprint density at radius 1 is 1.38 bits per heavy atom. The Balaban J connectivity index is 1.78. The number of hydrogen-bond donors (Lipinski definition) is 2. The van der Waals surface area contributed by atoms with Crippen LogP contribution in [0, 0.1) is 0 Å². The van der Waals surface area contributed by atoms with E-state index in [2.05, 4.69) is 5.32 Å². The van der Waals surface area contributed by atoms with Gasteiger partial charge in [0.1, 0.15) is 5.54 Å². The molecule has 7 heteroatoms. The van der Waals surface area contributed by atoms with Gasteiger partial charge in [-0.3, -0.25) is 9.35 Å². The number of fused-ring (bicyclic) bond motifs is 1. The molecule has 0 radical (unpaired) electrons. The van der Waals surface area contributed by atoms with Crippen molar-refractivity contribution < 1.29 is 17.8 Å². The lowest BCUT2D eigenvalue weighted by Gasteiger charge is -2.49. The molecule has 2 N–H and O–H groups in total. The molecule has 2 heterocycles. The topological polar surface area (TPSA) is 86.7 Å². The second kappa shape index (κ2) is 5.03. The number of rotatable bonds is 4. The van der Waals surface area contributed by atoms with E-state index in [9.17, 15) is 13.2 Å². The van der Waals surface area contributed by atoms with Crippen LogP contribution in [0.2, 0.25) is 0 Å². The molecular weight excluding hydrogens is 292 g/mol. The highest BCUT2D eigenvalue weighted by molar-refractivity contribution is 7.83. The van der Waals surface area contributed by atoms with E-state index in [4.69, 9.17) is 4.55 Å². The molecule has 2 saturated heterocycles. The molecule has 0 amide bonds. The summed E-state index contributed by atoms with van der Waals surface area (Å²) in [5.74, 6) is -0.159. The van der Waals surface area contributed by atoms with Gasteiger partial charge >= 0.3 is 10.3 Å². The minimum Gasteiger partial charge on any atom is -0.302 e. The third-order valence-electron chi connectivity index (χ3n) is 4.14. The number of benzene rings is 1. The highest BCUT2D eigenvalue weighted by Gasteiger charge is 2.62. The molecule has 6 nitrogen and oxygen atoms in total. The first-order chi connectivity index (χ1) is 9.93. The Hall–Kier alpha value is -1.54. The van der Waals surface area contributed by atoms with Crippen molar-refractivity contribution in [1.29, 1.82) is 0 Å². The summed E-state index contributed by atoms with van der Waals surface area (Å²) in [6.07, 6.45) is 3.71. The van der Waals surface area contributed by atoms with E-state index >= 15 is 0 Å². The molecule has 0 spiro atoms. The van der Waals surface area contributed by atoms with Crippen molar-refractivity contribution in [2.24, 2.45) is 0 Å². The number of nitrogens with one attached hydrogen (secondary N) is 1. The third kappa shape index (κ3) is 2.42. The number of carbonyl (C=O) groups excluding carboxylic acids is 1. The summed E-state index contributed by atoms with van der Waals surface area (Å²) in [5, 5.41) is 3.09. The molecule has 0 aliphatic carbocycles. The van der Waals surface area contributed by atoms with Gasteiger partial charge in [0.25, 0.3) is 0 Å². The van der Waals surface area contributed by atoms with Crippen molar-refractivity contribution in [2.45, 2.75) is 18.0 Å². The normalized spacial score (nSPS) is 29.3. The number of nitrogens with zero attached hydrogens (tertiary/aromatic N) is 1. The van der Waals surface area contributed by atoms with Gasteiger partial charge in [0, 0.05) is 6.54 Å². The predicted octanol–water partition coefficient (Wildman–Crippen LogP) is 0.488. The lowest BCUT2D eigenvalue weighted by molar-refractivity contribution is -0.126. The zero-order valence-electron chi connectivity index (χ0n) is 11.3. The summed E-state index contributed by atoms with van der Waals surface area (Å²) < 4.78 is 32.6. The summed E-state index contributed by atoms with van der Waals surface area (Å²) >= 11 is 0.